The number of nitrogens with zero attached hydrogens (tertiary/aromatic N) is 2. The number of aryl methyl sites for hydroxylation is 2. The Morgan fingerprint density at radius 2 is 1.85 bits per heavy atom. The summed E-state index contributed by atoms with van der Waals surface area (Å²) in [4.78, 5) is 24.2. The highest BCUT2D eigenvalue weighted by molar-refractivity contribution is 6.01. The number of aromatic nitrogens is 2. The minimum Gasteiger partial charge on any atom is -0.454 e. The summed E-state index contributed by atoms with van der Waals surface area (Å²) >= 11 is 0. The molecular weight excluding hydrogens is 328 g/mol. The molecule has 0 radical (unpaired) electrons. The second kappa shape index (κ2) is 7.35. The van der Waals surface area contributed by atoms with Gasteiger partial charge in [-0.15, -0.1) is 0 Å². The molecule has 0 saturated heterocycles. The Bertz CT molecular complexity index is 1020. The van der Waals surface area contributed by atoms with Crippen LogP contribution in [0.4, 0.5) is 0 Å². The fraction of sp³-hybridized carbons (Fsp3) is 0.190. The number of rotatable bonds is 5. The molecule has 1 aromatic heterocycles. The first-order valence-electron chi connectivity index (χ1n) is 8.33. The lowest BCUT2D eigenvalue weighted by atomic mass is 10.0. The smallest absolute Gasteiger partial charge is 0.331 e. The maximum Gasteiger partial charge on any atom is 0.331 e. The third kappa shape index (κ3) is 3.72. The van der Waals surface area contributed by atoms with Crippen molar-refractivity contribution < 1.29 is 14.3 Å². The zero-order valence-corrected chi connectivity index (χ0v) is 15.0. The summed E-state index contributed by atoms with van der Waals surface area (Å²) in [6, 6.07) is 13.2. The van der Waals surface area contributed by atoms with Gasteiger partial charge < -0.3 is 4.74 Å². The van der Waals surface area contributed by atoms with Gasteiger partial charge in [-0.2, -0.15) is 5.10 Å². The van der Waals surface area contributed by atoms with Crippen LogP contribution in [0.3, 0.4) is 0 Å². The molecule has 3 rings (SSSR count). The van der Waals surface area contributed by atoms with Gasteiger partial charge in [0.05, 0.1) is 5.69 Å². The Morgan fingerprint density at radius 3 is 2.54 bits per heavy atom. The largest absolute Gasteiger partial charge is 0.454 e. The van der Waals surface area contributed by atoms with E-state index in [1.807, 2.05) is 57.3 Å². The molecular formula is C21H20N2O3. The van der Waals surface area contributed by atoms with Crippen LogP contribution in [0.5, 0.6) is 0 Å². The van der Waals surface area contributed by atoms with Crippen LogP contribution in [0.2, 0.25) is 0 Å². The maximum atomic E-state index is 12.3. The Hall–Kier alpha value is -3.21. The van der Waals surface area contributed by atoms with Crippen LogP contribution in [-0.4, -0.2) is 28.1 Å². The van der Waals surface area contributed by atoms with Gasteiger partial charge in [0.1, 0.15) is 0 Å². The van der Waals surface area contributed by atoms with Gasteiger partial charge in [-0.3, -0.25) is 9.48 Å². The third-order valence-corrected chi connectivity index (χ3v) is 4.37. The average Bonchev–Trinajstić information content (AvgIpc) is 2.89. The molecule has 0 N–H and O–H groups in total. The highest BCUT2D eigenvalue weighted by Gasteiger charge is 2.10. The van der Waals surface area contributed by atoms with Crippen LogP contribution in [0.15, 0.2) is 48.5 Å². The normalized spacial score (nSPS) is 11.2. The molecule has 5 heteroatoms. The molecule has 0 unspecified atom stereocenters. The number of ketones is 1. The van der Waals surface area contributed by atoms with Gasteiger partial charge >= 0.3 is 5.97 Å². The molecule has 0 aliphatic heterocycles. The predicted octanol–water partition coefficient (Wildman–Crippen LogP) is 3.63. The van der Waals surface area contributed by atoms with Crippen molar-refractivity contribution in [2.45, 2.75) is 13.8 Å². The minimum atomic E-state index is -0.554. The standard InChI is InChI=1S/C21H20N2O3/c1-14-19(15(2)23(3)22-14)10-11-21(25)26-13-20(24)18-9-8-16-6-4-5-7-17(16)12-18/h4-12H,13H2,1-3H3. The monoisotopic (exact) mass is 348 g/mol. The molecule has 0 fully saturated rings. The Kier molecular flexibility index (Phi) is 4.98. The van der Waals surface area contributed by atoms with E-state index in [-0.39, 0.29) is 12.4 Å². The highest BCUT2D eigenvalue weighted by atomic mass is 16.5. The molecule has 0 aliphatic carbocycles. The number of hydrogen-bond donors (Lipinski definition) is 0. The summed E-state index contributed by atoms with van der Waals surface area (Å²) in [5.41, 5.74) is 3.20. The molecule has 0 bridgehead atoms. The van der Waals surface area contributed by atoms with Crippen molar-refractivity contribution in [2.24, 2.45) is 7.05 Å². The lowest BCUT2D eigenvalue weighted by Gasteiger charge is -2.04. The average molecular weight is 348 g/mol. The molecule has 3 aromatic rings. The number of hydrogen-bond acceptors (Lipinski definition) is 4. The predicted molar refractivity (Wildman–Crippen MR) is 101 cm³/mol. The van der Waals surface area contributed by atoms with Gasteiger partial charge in [0.2, 0.25) is 0 Å². The van der Waals surface area contributed by atoms with E-state index < -0.39 is 5.97 Å². The first-order chi connectivity index (χ1) is 12.5. The van der Waals surface area contributed by atoms with Crippen LogP contribution in [0.25, 0.3) is 16.8 Å². The number of Topliss-reactive ketones (excluding diaryl/α,β-unsaturated/α-hetero) is 1. The zero-order valence-electron chi connectivity index (χ0n) is 15.0. The summed E-state index contributed by atoms with van der Waals surface area (Å²) in [6.07, 6.45) is 2.99. The van der Waals surface area contributed by atoms with Crippen molar-refractivity contribution in [1.82, 2.24) is 9.78 Å². The fourth-order valence-electron chi connectivity index (χ4n) is 2.81. The van der Waals surface area contributed by atoms with Crippen LogP contribution >= 0.6 is 0 Å². The molecule has 0 spiro atoms. The molecule has 0 aliphatic rings. The second-order valence-electron chi connectivity index (χ2n) is 6.13. The lowest BCUT2D eigenvalue weighted by Crippen LogP contribution is -2.12. The lowest BCUT2D eigenvalue weighted by molar-refractivity contribution is -0.136. The van der Waals surface area contributed by atoms with E-state index in [0.29, 0.717) is 5.56 Å². The number of esters is 1. The minimum absolute atomic E-state index is 0.230. The van der Waals surface area contributed by atoms with Crippen molar-refractivity contribution in [2.75, 3.05) is 6.61 Å². The molecule has 0 amide bonds. The zero-order chi connectivity index (χ0) is 18.7. The van der Waals surface area contributed by atoms with E-state index in [0.717, 1.165) is 27.7 Å². The molecule has 2 aromatic carbocycles. The van der Waals surface area contributed by atoms with E-state index in [1.165, 1.54) is 6.08 Å². The van der Waals surface area contributed by atoms with Crippen LogP contribution in [0.1, 0.15) is 27.3 Å². The Labute approximate surface area is 151 Å². The number of ether oxygens (including phenoxy) is 1. The summed E-state index contributed by atoms with van der Waals surface area (Å²) in [7, 11) is 1.85. The van der Waals surface area contributed by atoms with Crippen molar-refractivity contribution in [3.63, 3.8) is 0 Å². The highest BCUT2D eigenvalue weighted by Crippen LogP contribution is 2.16. The first-order valence-corrected chi connectivity index (χ1v) is 8.33. The van der Waals surface area contributed by atoms with Crippen molar-refractivity contribution in [1.29, 1.82) is 0 Å². The van der Waals surface area contributed by atoms with Crippen LogP contribution in [-0.2, 0) is 16.6 Å². The van der Waals surface area contributed by atoms with Crippen molar-refractivity contribution in [3.8, 4) is 0 Å². The molecule has 0 saturated carbocycles. The van der Waals surface area contributed by atoms with E-state index in [4.69, 9.17) is 4.74 Å². The molecule has 0 atom stereocenters. The summed E-state index contributed by atoms with van der Waals surface area (Å²) < 4.78 is 6.83. The summed E-state index contributed by atoms with van der Waals surface area (Å²) in [5, 5.41) is 6.33. The third-order valence-electron chi connectivity index (χ3n) is 4.37. The quantitative estimate of drug-likeness (QED) is 0.401. The van der Waals surface area contributed by atoms with Gasteiger partial charge in [-0.05, 0) is 36.8 Å². The Morgan fingerprint density at radius 1 is 1.12 bits per heavy atom. The summed E-state index contributed by atoms with van der Waals surface area (Å²) in [6.45, 7) is 3.52. The molecule has 132 valence electrons. The maximum absolute atomic E-state index is 12.3. The van der Waals surface area contributed by atoms with E-state index in [9.17, 15) is 9.59 Å². The number of fused-ring (bicyclic) bond motifs is 1. The van der Waals surface area contributed by atoms with Gasteiger partial charge in [0, 0.05) is 29.9 Å². The van der Waals surface area contributed by atoms with Crippen LogP contribution in [0, 0.1) is 13.8 Å². The second-order valence-corrected chi connectivity index (χ2v) is 6.13. The van der Waals surface area contributed by atoms with Gasteiger partial charge in [0.25, 0.3) is 0 Å². The number of carbonyl (C=O) groups is 2. The Balaban J connectivity index is 1.63. The van der Waals surface area contributed by atoms with E-state index >= 15 is 0 Å². The number of carbonyl (C=O) groups excluding carboxylic acids is 2. The SMILES string of the molecule is Cc1nn(C)c(C)c1C=CC(=O)OCC(=O)c1ccc2ccccc2c1. The van der Waals surface area contributed by atoms with Gasteiger partial charge in [0.15, 0.2) is 12.4 Å². The fourth-order valence-corrected chi connectivity index (χ4v) is 2.81. The summed E-state index contributed by atoms with van der Waals surface area (Å²) in [5.74, 6) is -0.784. The van der Waals surface area contributed by atoms with Crippen molar-refractivity contribution >= 4 is 28.6 Å². The van der Waals surface area contributed by atoms with E-state index in [2.05, 4.69) is 5.10 Å². The van der Waals surface area contributed by atoms with Gasteiger partial charge in [-0.1, -0.05) is 36.4 Å². The van der Waals surface area contributed by atoms with Crippen LogP contribution < -0.4 is 0 Å². The molecule has 5 nitrogen and oxygen atoms in total. The first kappa shape index (κ1) is 17.6. The van der Waals surface area contributed by atoms with Gasteiger partial charge in [-0.25, -0.2) is 4.79 Å². The molecule has 26 heavy (non-hydrogen) atoms. The number of benzene rings is 2. The van der Waals surface area contributed by atoms with E-state index in [1.54, 1.807) is 16.8 Å². The topological polar surface area (TPSA) is 61.2 Å². The van der Waals surface area contributed by atoms with Crippen molar-refractivity contribution in [3.05, 3.63) is 71.1 Å². The molecule has 1 heterocycles.